The molecule has 0 unspecified atom stereocenters. The highest BCUT2D eigenvalue weighted by molar-refractivity contribution is 7.89. The lowest BCUT2D eigenvalue weighted by atomic mass is 10.1. The molecule has 0 saturated carbocycles. The first kappa shape index (κ1) is 20.4. The number of nitrogens with one attached hydrogen (secondary N) is 1. The summed E-state index contributed by atoms with van der Waals surface area (Å²) in [5, 5.41) is 7.25. The molecule has 0 aliphatic heterocycles. The highest BCUT2D eigenvalue weighted by Gasteiger charge is 2.31. The molecule has 1 amide bonds. The molecule has 11 heteroatoms. The maximum absolute atomic E-state index is 12.6. The van der Waals surface area contributed by atoms with Crippen molar-refractivity contribution in [2.45, 2.75) is 11.1 Å². The topological polar surface area (TPSA) is 116 Å². The molecule has 0 aliphatic carbocycles. The molecule has 7 nitrogen and oxygen atoms in total. The summed E-state index contributed by atoms with van der Waals surface area (Å²) in [7, 11) is -3.97. The van der Waals surface area contributed by atoms with Gasteiger partial charge in [-0.1, -0.05) is 12.1 Å². The molecule has 0 aliphatic rings. The Morgan fingerprint density at radius 3 is 2.37 bits per heavy atom. The lowest BCUT2D eigenvalue weighted by molar-refractivity contribution is -0.137. The zero-order valence-electron chi connectivity index (χ0n) is 13.5. The minimum atomic E-state index is -4.62. The second kappa shape index (κ2) is 7.76. The third-order valence-electron chi connectivity index (χ3n) is 3.21. The normalized spacial score (nSPS) is 11.7. The summed E-state index contributed by atoms with van der Waals surface area (Å²) in [6, 6.07) is 8.59. The summed E-state index contributed by atoms with van der Waals surface area (Å²) in [4.78, 5) is 23.4. The van der Waals surface area contributed by atoms with Crippen molar-refractivity contribution in [2.75, 3.05) is 11.9 Å². The molecule has 2 aromatic carbocycles. The van der Waals surface area contributed by atoms with Gasteiger partial charge in [-0.15, -0.1) is 0 Å². The van der Waals surface area contributed by atoms with Gasteiger partial charge in [0.25, 0.3) is 5.91 Å². The molecule has 0 fully saturated rings. The molecule has 0 atom stereocenters. The number of halogens is 3. The first-order valence-corrected chi connectivity index (χ1v) is 8.78. The van der Waals surface area contributed by atoms with Gasteiger partial charge in [-0.3, -0.25) is 4.79 Å². The van der Waals surface area contributed by atoms with Crippen LogP contribution in [0.2, 0.25) is 0 Å². The zero-order valence-corrected chi connectivity index (χ0v) is 14.3. The predicted octanol–water partition coefficient (Wildman–Crippen LogP) is 2.15. The number of rotatable bonds is 5. The second-order valence-electron chi connectivity index (χ2n) is 5.28. The number of carbonyl (C=O) groups excluding carboxylic acids is 2. The number of anilines is 1. The van der Waals surface area contributed by atoms with Crippen molar-refractivity contribution >= 4 is 27.6 Å². The number of ether oxygens (including phenoxy) is 1. The monoisotopic (exact) mass is 402 g/mol. The maximum Gasteiger partial charge on any atom is 0.416 e. The van der Waals surface area contributed by atoms with E-state index in [0.29, 0.717) is 6.07 Å². The van der Waals surface area contributed by atoms with E-state index in [9.17, 15) is 31.2 Å². The number of carbonyl (C=O) groups is 2. The summed E-state index contributed by atoms with van der Waals surface area (Å²) in [6.07, 6.45) is -4.62. The van der Waals surface area contributed by atoms with E-state index in [2.05, 4.69) is 10.1 Å². The van der Waals surface area contributed by atoms with Gasteiger partial charge < -0.3 is 10.1 Å². The van der Waals surface area contributed by atoms with E-state index in [1.807, 2.05) is 0 Å². The van der Waals surface area contributed by atoms with Crippen molar-refractivity contribution < 1.29 is 35.9 Å². The fraction of sp³-hybridized carbons (Fsp3) is 0.125. The van der Waals surface area contributed by atoms with Gasteiger partial charge in [-0.25, -0.2) is 18.4 Å². The minimum absolute atomic E-state index is 0.0849. The summed E-state index contributed by atoms with van der Waals surface area (Å²) in [5.41, 5.74) is -1.31. The number of amides is 1. The van der Waals surface area contributed by atoms with E-state index in [-0.39, 0.29) is 16.1 Å². The second-order valence-corrected chi connectivity index (χ2v) is 6.84. The van der Waals surface area contributed by atoms with Crippen molar-refractivity contribution in [3.8, 4) is 0 Å². The third-order valence-corrected chi connectivity index (χ3v) is 4.12. The minimum Gasteiger partial charge on any atom is -0.452 e. The summed E-state index contributed by atoms with van der Waals surface area (Å²) < 4.78 is 65.1. The van der Waals surface area contributed by atoms with Crippen molar-refractivity contribution in [1.82, 2.24) is 0 Å². The van der Waals surface area contributed by atoms with Crippen LogP contribution in [0.15, 0.2) is 53.4 Å². The van der Waals surface area contributed by atoms with Gasteiger partial charge in [-0.05, 0) is 36.4 Å². The predicted molar refractivity (Wildman–Crippen MR) is 88.2 cm³/mol. The molecule has 2 aromatic rings. The average molecular weight is 402 g/mol. The molecular weight excluding hydrogens is 389 g/mol. The van der Waals surface area contributed by atoms with E-state index in [1.54, 1.807) is 0 Å². The number of hydrogen-bond acceptors (Lipinski definition) is 5. The zero-order chi connectivity index (χ0) is 20.2. The number of benzene rings is 2. The number of hydrogen-bond donors (Lipinski definition) is 2. The summed E-state index contributed by atoms with van der Waals surface area (Å²) >= 11 is 0. The molecule has 0 aromatic heterocycles. The Morgan fingerprint density at radius 2 is 1.74 bits per heavy atom. The van der Waals surface area contributed by atoms with Gasteiger partial charge in [0.2, 0.25) is 10.0 Å². The van der Waals surface area contributed by atoms with E-state index < -0.39 is 40.2 Å². The molecule has 0 bridgehead atoms. The molecular formula is C16H13F3N2O5S. The van der Waals surface area contributed by atoms with Crippen LogP contribution in [0, 0.1) is 0 Å². The van der Waals surface area contributed by atoms with Crippen molar-refractivity contribution in [3.05, 3.63) is 59.7 Å². The smallest absolute Gasteiger partial charge is 0.416 e. The first-order valence-electron chi connectivity index (χ1n) is 7.24. The molecule has 0 saturated heterocycles. The van der Waals surface area contributed by atoms with Crippen LogP contribution in [-0.2, 0) is 25.7 Å². The number of primary sulfonamides is 1. The van der Waals surface area contributed by atoms with E-state index in [1.165, 1.54) is 18.2 Å². The third kappa shape index (κ3) is 5.79. The highest BCUT2D eigenvalue weighted by atomic mass is 32.2. The fourth-order valence-corrected chi connectivity index (χ4v) is 2.54. The Bertz CT molecular complexity index is 974. The molecule has 144 valence electrons. The van der Waals surface area contributed by atoms with Gasteiger partial charge in [0, 0.05) is 5.69 Å². The summed E-state index contributed by atoms with van der Waals surface area (Å²) in [6.45, 7) is -0.783. The fourth-order valence-electron chi connectivity index (χ4n) is 1.98. The Balaban J connectivity index is 1.99. The van der Waals surface area contributed by atoms with Crippen LogP contribution in [-0.4, -0.2) is 26.9 Å². The molecule has 0 spiro atoms. The van der Waals surface area contributed by atoms with Crippen molar-refractivity contribution in [1.29, 1.82) is 0 Å². The van der Waals surface area contributed by atoms with Crippen LogP contribution in [0.1, 0.15) is 15.9 Å². The van der Waals surface area contributed by atoms with Gasteiger partial charge in [0.1, 0.15) is 0 Å². The lowest BCUT2D eigenvalue weighted by Crippen LogP contribution is -2.21. The van der Waals surface area contributed by atoms with Gasteiger partial charge in [0.05, 0.1) is 16.0 Å². The number of alkyl halides is 3. The maximum atomic E-state index is 12.6. The first-order chi connectivity index (χ1) is 12.5. The van der Waals surface area contributed by atoms with Gasteiger partial charge in [0.15, 0.2) is 6.61 Å². The summed E-state index contributed by atoms with van der Waals surface area (Å²) in [5.74, 6) is -1.93. The lowest BCUT2D eigenvalue weighted by Gasteiger charge is -2.09. The van der Waals surface area contributed by atoms with Crippen LogP contribution in [0.25, 0.3) is 0 Å². The SMILES string of the molecule is NS(=O)(=O)c1cccc(NC(=O)COC(=O)c2cccc(C(F)(F)F)c2)c1. The van der Waals surface area contributed by atoms with Crippen LogP contribution in [0.5, 0.6) is 0 Å². The van der Waals surface area contributed by atoms with Crippen molar-refractivity contribution in [2.24, 2.45) is 5.14 Å². The molecule has 2 rings (SSSR count). The standard InChI is InChI=1S/C16H13F3N2O5S/c17-16(18,19)11-4-1-3-10(7-11)15(23)26-9-14(22)21-12-5-2-6-13(8-12)27(20,24)25/h1-8H,9H2,(H,21,22)(H2,20,24,25). The molecule has 3 N–H and O–H groups in total. The van der Waals surface area contributed by atoms with Gasteiger partial charge in [-0.2, -0.15) is 13.2 Å². The van der Waals surface area contributed by atoms with Crippen molar-refractivity contribution in [3.63, 3.8) is 0 Å². The molecule has 0 radical (unpaired) electrons. The number of esters is 1. The van der Waals surface area contributed by atoms with E-state index in [4.69, 9.17) is 5.14 Å². The molecule has 0 heterocycles. The van der Waals surface area contributed by atoms with Crippen LogP contribution >= 0.6 is 0 Å². The van der Waals surface area contributed by atoms with Crippen LogP contribution in [0.3, 0.4) is 0 Å². The quantitative estimate of drug-likeness (QED) is 0.744. The Hall–Kier alpha value is -2.92. The average Bonchev–Trinajstić information content (AvgIpc) is 2.58. The largest absolute Gasteiger partial charge is 0.452 e. The number of sulfonamides is 1. The van der Waals surface area contributed by atoms with Crippen LogP contribution < -0.4 is 10.5 Å². The van der Waals surface area contributed by atoms with E-state index >= 15 is 0 Å². The highest BCUT2D eigenvalue weighted by Crippen LogP contribution is 2.29. The van der Waals surface area contributed by atoms with Gasteiger partial charge >= 0.3 is 12.1 Å². The Morgan fingerprint density at radius 1 is 1.07 bits per heavy atom. The Labute approximate surface area is 152 Å². The Kier molecular flexibility index (Phi) is 5.86. The number of nitrogens with two attached hydrogens (primary N) is 1. The van der Waals surface area contributed by atoms with Crippen LogP contribution in [0.4, 0.5) is 18.9 Å². The van der Waals surface area contributed by atoms with E-state index in [0.717, 1.165) is 24.3 Å². The molecule has 27 heavy (non-hydrogen) atoms.